The van der Waals surface area contributed by atoms with Gasteiger partial charge in [0.25, 0.3) is 0 Å². The molecule has 6 heteroatoms. The van der Waals surface area contributed by atoms with E-state index >= 15 is 0 Å². The summed E-state index contributed by atoms with van der Waals surface area (Å²) in [7, 11) is 0. The molecule has 1 N–H and O–H groups in total. The van der Waals surface area contributed by atoms with Crippen LogP contribution in [0.4, 0.5) is 0 Å². The van der Waals surface area contributed by atoms with Gasteiger partial charge in [0.1, 0.15) is 0 Å². The van der Waals surface area contributed by atoms with E-state index in [1.807, 2.05) is 30.3 Å². The molecule has 5 nitrogen and oxygen atoms in total. The van der Waals surface area contributed by atoms with E-state index in [-0.39, 0.29) is 12.2 Å². The summed E-state index contributed by atoms with van der Waals surface area (Å²) in [6.07, 6.45) is 2.04. The predicted molar refractivity (Wildman–Crippen MR) is 144 cm³/mol. The predicted octanol–water partition coefficient (Wildman–Crippen LogP) is 2.59. The molecule has 172 valence electrons. The molecule has 0 fully saturated rings. The number of nitrogens with one attached hydrogen (secondary N) is 1. The van der Waals surface area contributed by atoms with Gasteiger partial charge in [-0.15, -0.1) is 0 Å². The summed E-state index contributed by atoms with van der Waals surface area (Å²) < 4.78 is 8.81. The Bertz CT molecular complexity index is 1440. The molecule has 0 aliphatic heterocycles. The van der Waals surface area contributed by atoms with Crippen LogP contribution >= 0.6 is 0 Å². The minimum absolute atomic E-state index is 0.277. The van der Waals surface area contributed by atoms with Crippen molar-refractivity contribution < 1.29 is 0 Å². The van der Waals surface area contributed by atoms with Crippen LogP contribution in [0.5, 0.6) is 0 Å². The van der Waals surface area contributed by atoms with E-state index in [2.05, 4.69) is 82.0 Å². The van der Waals surface area contributed by atoms with Crippen molar-refractivity contribution in [3.63, 3.8) is 0 Å². The van der Waals surface area contributed by atoms with Gasteiger partial charge < -0.3 is 0 Å². The molecule has 1 aromatic heterocycles. The summed E-state index contributed by atoms with van der Waals surface area (Å²) in [6.45, 7) is 0.277. The molecule has 0 saturated carbocycles. The van der Waals surface area contributed by atoms with Crippen LogP contribution in [0.3, 0.4) is 0 Å². The van der Waals surface area contributed by atoms with Crippen LogP contribution in [0.15, 0.2) is 141 Å². The molecule has 0 aliphatic rings. The molecule has 1 heterocycles. The topological polar surface area (TPSA) is 59.8 Å². The number of allylic oxidation sites excluding steroid dienone is 1. The maximum atomic E-state index is 13.0. The van der Waals surface area contributed by atoms with Crippen LogP contribution in [0.1, 0.15) is 0 Å². The number of benzene rings is 4. The van der Waals surface area contributed by atoms with Gasteiger partial charge in [0.2, 0.25) is 0 Å². The molecule has 0 atom stereocenters. The van der Waals surface area contributed by atoms with Crippen LogP contribution in [-0.4, -0.2) is 32.7 Å². The number of para-hydroxylation sites is 1. The molecular formula is C29H25N3O2Sn. The Labute approximate surface area is 207 Å². The van der Waals surface area contributed by atoms with Crippen LogP contribution in [-0.2, 0) is 6.54 Å². The minimum atomic E-state index is -3.58. The fourth-order valence-electron chi connectivity index (χ4n) is 4.58. The molecule has 5 aromatic rings. The van der Waals surface area contributed by atoms with Gasteiger partial charge in [-0.3, -0.25) is 0 Å². The molecule has 35 heavy (non-hydrogen) atoms. The van der Waals surface area contributed by atoms with Crippen molar-refractivity contribution in [2.45, 2.75) is 6.54 Å². The third-order valence-corrected chi connectivity index (χ3v) is 19.0. The van der Waals surface area contributed by atoms with Crippen LogP contribution in [0.25, 0.3) is 5.69 Å². The van der Waals surface area contributed by atoms with E-state index in [0.29, 0.717) is 5.69 Å². The van der Waals surface area contributed by atoms with Crippen molar-refractivity contribution in [2.75, 3.05) is 0 Å². The van der Waals surface area contributed by atoms with E-state index < -0.39 is 24.1 Å². The second-order valence-corrected chi connectivity index (χ2v) is 18.8. The van der Waals surface area contributed by atoms with Crippen molar-refractivity contribution in [2.24, 2.45) is 0 Å². The van der Waals surface area contributed by atoms with Crippen LogP contribution in [0.2, 0.25) is 0 Å². The Morgan fingerprint density at radius 2 is 1.06 bits per heavy atom. The average molecular weight is 566 g/mol. The zero-order valence-electron chi connectivity index (χ0n) is 19.1. The van der Waals surface area contributed by atoms with Gasteiger partial charge in [0.15, 0.2) is 0 Å². The summed E-state index contributed by atoms with van der Waals surface area (Å²) >= 11 is -3.58. The van der Waals surface area contributed by atoms with Crippen molar-refractivity contribution in [3.8, 4) is 5.69 Å². The molecule has 0 saturated heterocycles. The summed E-state index contributed by atoms with van der Waals surface area (Å²) in [5.74, 6) is 0. The Hall–Kier alpha value is -3.84. The summed E-state index contributed by atoms with van der Waals surface area (Å²) in [6, 6.07) is 40.8. The first kappa shape index (κ1) is 22.9. The Morgan fingerprint density at radius 1 is 0.629 bits per heavy atom. The number of rotatable bonds is 7. The van der Waals surface area contributed by atoms with E-state index in [1.165, 1.54) is 15.4 Å². The number of hydrogen-bond acceptors (Lipinski definition) is 2. The van der Waals surface area contributed by atoms with Gasteiger partial charge in [-0.2, -0.15) is 0 Å². The van der Waals surface area contributed by atoms with Gasteiger partial charge in [0.05, 0.1) is 0 Å². The van der Waals surface area contributed by atoms with Crippen molar-refractivity contribution in [3.05, 3.63) is 152 Å². The van der Waals surface area contributed by atoms with Gasteiger partial charge in [-0.05, 0) is 0 Å². The zero-order chi connectivity index (χ0) is 24.1. The third kappa shape index (κ3) is 4.47. The van der Waals surface area contributed by atoms with E-state index in [4.69, 9.17) is 0 Å². The van der Waals surface area contributed by atoms with Crippen molar-refractivity contribution in [1.29, 1.82) is 0 Å². The molecule has 5 rings (SSSR count). The first-order valence-corrected chi connectivity index (χ1v) is 17.4. The molecule has 0 radical (unpaired) electrons. The van der Waals surface area contributed by atoms with Gasteiger partial charge in [-0.25, -0.2) is 0 Å². The second kappa shape index (κ2) is 10.2. The third-order valence-electron chi connectivity index (χ3n) is 6.21. The number of H-pyrrole nitrogens is 1. The summed E-state index contributed by atoms with van der Waals surface area (Å²) in [4.78, 5) is 25.6. The Balaban J connectivity index is 1.61. The number of hydrogen-bond donors (Lipinski definition) is 1. The van der Waals surface area contributed by atoms with Gasteiger partial charge in [-0.1, -0.05) is 0 Å². The van der Waals surface area contributed by atoms with Gasteiger partial charge >= 0.3 is 208 Å². The van der Waals surface area contributed by atoms with Crippen molar-refractivity contribution in [1.82, 2.24) is 14.3 Å². The first-order valence-electron chi connectivity index (χ1n) is 11.5. The first-order chi connectivity index (χ1) is 17.2. The molecule has 0 bridgehead atoms. The standard InChI is InChI=1S/C11H10N3O2.3C6H5.Sn/c1-2-8-13-11(16)14(10(15)12-13)9-6-4-3-5-7-9;3*1-2-4-6-5-3-1;/h1-7H,8H2,(H,12,15);3*1-5H;. The molecule has 0 amide bonds. The number of nitrogens with zero attached hydrogens (tertiary/aromatic N) is 2. The van der Waals surface area contributed by atoms with Crippen LogP contribution in [0, 0.1) is 0 Å². The monoisotopic (exact) mass is 567 g/mol. The average Bonchev–Trinajstić information content (AvgIpc) is 3.21. The summed E-state index contributed by atoms with van der Waals surface area (Å²) in [5, 5.41) is 2.70. The molecule has 0 spiro atoms. The number of aromatic amines is 1. The van der Waals surface area contributed by atoms with E-state index in [0.717, 1.165) is 4.57 Å². The second-order valence-electron chi connectivity index (χ2n) is 8.29. The zero-order valence-corrected chi connectivity index (χ0v) is 22.0. The maximum absolute atomic E-state index is 13.0. The fourth-order valence-corrected chi connectivity index (χ4v) is 16.5. The molecule has 0 unspecified atom stereocenters. The summed E-state index contributed by atoms with van der Waals surface area (Å²) in [5.41, 5.74) is -0.280. The number of aromatic nitrogens is 3. The van der Waals surface area contributed by atoms with E-state index in [1.54, 1.807) is 24.3 Å². The van der Waals surface area contributed by atoms with Crippen LogP contribution < -0.4 is 22.1 Å². The normalized spacial score (nSPS) is 11.7. The SMILES string of the molecule is O=c1[nH]n(C/C=[CH]/[Sn]([c]2ccccc2)([c]2ccccc2)[c]2ccccc2)c(=O)n1-c1ccccc1. The molecule has 4 aromatic carbocycles. The quantitative estimate of drug-likeness (QED) is 0.308. The van der Waals surface area contributed by atoms with E-state index in [9.17, 15) is 9.59 Å². The van der Waals surface area contributed by atoms with Crippen molar-refractivity contribution >= 4 is 29.1 Å². The molecule has 0 aliphatic carbocycles. The molecular weight excluding hydrogens is 541 g/mol. The fraction of sp³-hybridized carbons (Fsp3) is 0.0345. The Morgan fingerprint density at radius 3 is 1.51 bits per heavy atom. The van der Waals surface area contributed by atoms with Gasteiger partial charge in [0, 0.05) is 0 Å². The Kier molecular flexibility index (Phi) is 6.68.